The highest BCUT2D eigenvalue weighted by molar-refractivity contribution is 6.22. The minimum absolute atomic E-state index is 0.0740. The molecule has 0 radical (unpaired) electrons. The molecule has 1 heterocycles. The summed E-state index contributed by atoms with van der Waals surface area (Å²) in [6, 6.07) is 9.14. The van der Waals surface area contributed by atoms with Crippen molar-refractivity contribution in [2.24, 2.45) is 5.41 Å². The number of allylic oxidation sites excluding steroid dienone is 1. The summed E-state index contributed by atoms with van der Waals surface area (Å²) in [5.74, 6) is -1.34. The van der Waals surface area contributed by atoms with Crippen LogP contribution in [-0.4, -0.2) is 39.9 Å². The molecule has 3 rings (SSSR count). The normalized spacial score (nSPS) is 19.8. The molecule has 0 unspecified atom stereocenters. The van der Waals surface area contributed by atoms with E-state index in [1.54, 1.807) is 20.8 Å². The van der Waals surface area contributed by atoms with Crippen molar-refractivity contribution in [2.75, 3.05) is 6.73 Å². The van der Waals surface area contributed by atoms with E-state index in [1.807, 2.05) is 30.3 Å². The molecule has 0 saturated heterocycles. The Labute approximate surface area is 158 Å². The number of ether oxygens (including phenoxy) is 1. The number of carbonyl (C=O) groups is 3. The van der Waals surface area contributed by atoms with Gasteiger partial charge in [0.2, 0.25) is 0 Å². The molecule has 1 aliphatic heterocycles. The van der Waals surface area contributed by atoms with Crippen molar-refractivity contribution >= 4 is 23.2 Å². The van der Waals surface area contributed by atoms with Crippen LogP contribution < -0.4 is 0 Å². The molecule has 1 N–H and O–H groups in total. The summed E-state index contributed by atoms with van der Waals surface area (Å²) in [7, 11) is 0. The van der Waals surface area contributed by atoms with Gasteiger partial charge in [0.15, 0.2) is 12.5 Å². The molecule has 1 aromatic rings. The molecule has 1 saturated carbocycles. The van der Waals surface area contributed by atoms with Crippen molar-refractivity contribution in [3.05, 3.63) is 41.7 Å². The topological polar surface area (TPSA) is 83.9 Å². The number of ketones is 1. The van der Waals surface area contributed by atoms with E-state index < -0.39 is 22.7 Å². The number of rotatable bonds is 5. The average Bonchev–Trinajstić information content (AvgIpc) is 3.13. The molecule has 1 aromatic carbocycles. The minimum atomic E-state index is -1.42. The Morgan fingerprint density at radius 2 is 1.74 bits per heavy atom. The number of carbonyl (C=O) groups excluding carboxylic acids is 2. The molecule has 2 aliphatic rings. The van der Waals surface area contributed by atoms with Crippen LogP contribution in [-0.2, 0) is 19.1 Å². The number of aliphatic carboxylic acids is 1. The highest BCUT2D eigenvalue weighted by atomic mass is 16.5. The van der Waals surface area contributed by atoms with Gasteiger partial charge < -0.3 is 9.84 Å². The second-order valence-electron chi connectivity index (χ2n) is 7.79. The van der Waals surface area contributed by atoms with Gasteiger partial charge in [-0.25, -0.2) is 0 Å². The van der Waals surface area contributed by atoms with Crippen LogP contribution in [0.1, 0.15) is 52.0 Å². The van der Waals surface area contributed by atoms with Crippen molar-refractivity contribution in [1.29, 1.82) is 0 Å². The molecular formula is C21H25NO5. The summed E-state index contributed by atoms with van der Waals surface area (Å²) < 4.78 is 5.71. The summed E-state index contributed by atoms with van der Waals surface area (Å²) in [5, 5.41) is 9.77. The fourth-order valence-electron chi connectivity index (χ4n) is 4.15. The number of amides is 1. The lowest BCUT2D eigenvalue weighted by atomic mass is 9.73. The van der Waals surface area contributed by atoms with Gasteiger partial charge in [0.1, 0.15) is 16.7 Å². The Morgan fingerprint density at radius 3 is 2.30 bits per heavy atom. The summed E-state index contributed by atoms with van der Waals surface area (Å²) >= 11 is 0. The van der Waals surface area contributed by atoms with Crippen molar-refractivity contribution in [3.63, 3.8) is 0 Å². The lowest BCUT2D eigenvalue weighted by molar-refractivity contribution is -0.164. The Morgan fingerprint density at radius 1 is 1.15 bits per heavy atom. The van der Waals surface area contributed by atoms with Crippen LogP contribution in [0.2, 0.25) is 0 Å². The fourth-order valence-corrected chi connectivity index (χ4v) is 4.15. The molecule has 0 atom stereocenters. The summed E-state index contributed by atoms with van der Waals surface area (Å²) in [6.07, 6.45) is 2.03. The number of nitrogens with zero attached hydrogens (tertiary/aromatic N) is 1. The molecule has 144 valence electrons. The molecule has 1 aliphatic carbocycles. The zero-order chi connectivity index (χ0) is 19.8. The number of Topliss-reactive ketones (excluding diaryl/α,β-unsaturated/α-hetero) is 1. The van der Waals surface area contributed by atoms with Crippen LogP contribution in [0.15, 0.2) is 36.1 Å². The quantitative estimate of drug-likeness (QED) is 0.804. The van der Waals surface area contributed by atoms with E-state index >= 15 is 0 Å². The Balaban J connectivity index is 1.97. The van der Waals surface area contributed by atoms with Crippen molar-refractivity contribution < 1.29 is 24.2 Å². The lowest BCUT2D eigenvalue weighted by Crippen LogP contribution is -2.60. The minimum Gasteiger partial charge on any atom is -0.480 e. The van der Waals surface area contributed by atoms with Crippen molar-refractivity contribution in [1.82, 2.24) is 4.90 Å². The zero-order valence-corrected chi connectivity index (χ0v) is 15.9. The molecule has 0 bridgehead atoms. The molecule has 0 spiro atoms. The van der Waals surface area contributed by atoms with E-state index in [0.29, 0.717) is 42.6 Å². The van der Waals surface area contributed by atoms with Crippen LogP contribution >= 0.6 is 0 Å². The fraction of sp³-hybridized carbons (Fsp3) is 0.476. The predicted octanol–water partition coefficient (Wildman–Crippen LogP) is 3.23. The number of hydrogen-bond donors (Lipinski definition) is 1. The standard InChI is InChI=1S/C21H25NO5/c1-14-16(15-9-5-4-6-10-15)17(23)22(13-27-14)20(2,3)18(24)21(19(25)26)11-7-8-12-21/h4-6,9-10H,7-8,11-13H2,1-3H3,(H,25,26). The number of benzene rings is 1. The maximum absolute atomic E-state index is 13.4. The van der Waals surface area contributed by atoms with Gasteiger partial charge in [0.05, 0.1) is 5.57 Å². The summed E-state index contributed by atoms with van der Waals surface area (Å²) in [5.41, 5.74) is -1.60. The third kappa shape index (κ3) is 3.03. The van der Waals surface area contributed by atoms with Crippen LogP contribution in [0.5, 0.6) is 0 Å². The Kier molecular flexibility index (Phi) is 4.84. The first kappa shape index (κ1) is 19.1. The van der Waals surface area contributed by atoms with Crippen LogP contribution in [0.4, 0.5) is 0 Å². The Hall–Kier alpha value is -2.63. The van der Waals surface area contributed by atoms with Crippen molar-refractivity contribution in [3.8, 4) is 0 Å². The van der Waals surface area contributed by atoms with Gasteiger partial charge in [-0.05, 0) is 39.2 Å². The highest BCUT2D eigenvalue weighted by Gasteiger charge is 2.56. The molecule has 27 heavy (non-hydrogen) atoms. The molecule has 6 nitrogen and oxygen atoms in total. The van der Waals surface area contributed by atoms with Crippen LogP contribution in [0.3, 0.4) is 0 Å². The van der Waals surface area contributed by atoms with Gasteiger partial charge in [0, 0.05) is 0 Å². The summed E-state index contributed by atoms with van der Waals surface area (Å²) in [4.78, 5) is 39.9. The first-order valence-electron chi connectivity index (χ1n) is 9.21. The van der Waals surface area contributed by atoms with Crippen LogP contribution in [0, 0.1) is 5.41 Å². The number of hydrogen-bond acceptors (Lipinski definition) is 4. The average molecular weight is 371 g/mol. The van der Waals surface area contributed by atoms with E-state index in [2.05, 4.69) is 0 Å². The van der Waals surface area contributed by atoms with Gasteiger partial charge in [0.25, 0.3) is 5.91 Å². The number of carboxylic acid groups (broad SMARTS) is 1. The summed E-state index contributed by atoms with van der Waals surface area (Å²) in [6.45, 7) is 4.88. The second-order valence-corrected chi connectivity index (χ2v) is 7.79. The Bertz CT molecular complexity index is 803. The molecule has 0 aromatic heterocycles. The van der Waals surface area contributed by atoms with E-state index in [1.165, 1.54) is 4.90 Å². The predicted molar refractivity (Wildman–Crippen MR) is 99.5 cm³/mol. The molecular weight excluding hydrogens is 346 g/mol. The maximum atomic E-state index is 13.4. The SMILES string of the molecule is CC1=C(c2ccccc2)C(=O)N(C(C)(C)C(=O)C2(C(=O)O)CCCC2)CO1. The van der Waals surface area contributed by atoms with E-state index in [0.717, 1.165) is 0 Å². The molecule has 6 heteroatoms. The molecule has 1 amide bonds. The van der Waals surface area contributed by atoms with Gasteiger partial charge in [-0.3, -0.25) is 19.3 Å². The van der Waals surface area contributed by atoms with Gasteiger partial charge in [-0.2, -0.15) is 0 Å². The monoisotopic (exact) mass is 371 g/mol. The van der Waals surface area contributed by atoms with Crippen LogP contribution in [0.25, 0.3) is 5.57 Å². The molecule has 1 fully saturated rings. The van der Waals surface area contributed by atoms with E-state index in [9.17, 15) is 19.5 Å². The van der Waals surface area contributed by atoms with E-state index in [-0.39, 0.29) is 12.6 Å². The zero-order valence-electron chi connectivity index (χ0n) is 15.9. The lowest BCUT2D eigenvalue weighted by Gasteiger charge is -2.43. The third-order valence-corrected chi connectivity index (χ3v) is 5.82. The van der Waals surface area contributed by atoms with Gasteiger partial charge >= 0.3 is 5.97 Å². The first-order valence-corrected chi connectivity index (χ1v) is 9.21. The smallest absolute Gasteiger partial charge is 0.317 e. The maximum Gasteiger partial charge on any atom is 0.317 e. The third-order valence-electron chi connectivity index (χ3n) is 5.82. The van der Waals surface area contributed by atoms with Gasteiger partial charge in [-0.15, -0.1) is 0 Å². The second kappa shape index (κ2) is 6.83. The largest absolute Gasteiger partial charge is 0.480 e. The number of carboxylic acids is 1. The first-order chi connectivity index (χ1) is 12.7. The highest BCUT2D eigenvalue weighted by Crippen LogP contribution is 2.44. The van der Waals surface area contributed by atoms with Crippen molar-refractivity contribution in [2.45, 2.75) is 52.0 Å². The van der Waals surface area contributed by atoms with E-state index in [4.69, 9.17) is 4.74 Å². The van der Waals surface area contributed by atoms with Gasteiger partial charge in [-0.1, -0.05) is 43.2 Å².